The summed E-state index contributed by atoms with van der Waals surface area (Å²) in [6.45, 7) is 7.32. The average molecular weight is 177 g/mol. The van der Waals surface area contributed by atoms with Gasteiger partial charge in [0.15, 0.2) is 0 Å². The Morgan fingerprint density at radius 2 is 1.77 bits per heavy atom. The van der Waals surface area contributed by atoms with Crippen LogP contribution in [0.25, 0.3) is 0 Å². The van der Waals surface area contributed by atoms with Crippen molar-refractivity contribution in [2.75, 3.05) is 0 Å². The lowest BCUT2D eigenvalue weighted by Crippen LogP contribution is -1.77. The van der Waals surface area contributed by atoms with Gasteiger partial charge in [-0.25, -0.2) is 0 Å². The topological polar surface area (TPSA) is 0 Å². The predicted octanol–water partition coefficient (Wildman–Crippen LogP) is 4.44. The fraction of sp³-hybridized carbons (Fsp3) is 0.615. The molecular weight excluding hydrogens is 156 g/mol. The van der Waals surface area contributed by atoms with E-state index in [0.29, 0.717) is 0 Å². The Hall–Kier alpha value is -0.740. The molecule has 0 aromatic heterocycles. The molecule has 0 aromatic carbocycles. The van der Waals surface area contributed by atoms with Crippen LogP contribution < -0.4 is 0 Å². The molecule has 0 aromatic rings. The zero-order valence-electron chi connectivity index (χ0n) is 8.76. The molecule has 0 aliphatic rings. The predicted molar refractivity (Wildman–Crippen MR) is 59.5 cm³/mol. The zero-order valence-corrected chi connectivity index (χ0v) is 8.76. The third-order valence-corrected chi connectivity index (χ3v) is 2.05. The Morgan fingerprint density at radius 1 is 1.08 bits per heavy atom. The van der Waals surface area contributed by atoms with Gasteiger partial charge < -0.3 is 0 Å². The molecule has 0 fully saturated rings. The van der Waals surface area contributed by atoms with Crippen LogP contribution in [-0.4, -0.2) is 0 Å². The van der Waals surface area contributed by atoms with Crippen LogP contribution in [0.3, 0.4) is 0 Å². The molecular formula is C13H21. The smallest absolute Gasteiger partial charge is 0.0123 e. The largest absolute Gasteiger partial charge is 0.120 e. The van der Waals surface area contributed by atoms with Crippen molar-refractivity contribution in [3.8, 4) is 0 Å². The average Bonchev–Trinajstić information content (AvgIpc) is 2.16. The summed E-state index contributed by atoms with van der Waals surface area (Å²) in [7, 11) is 0. The Labute approximate surface area is 83.0 Å². The van der Waals surface area contributed by atoms with Crippen LogP contribution >= 0.6 is 0 Å². The maximum atomic E-state index is 5.07. The van der Waals surface area contributed by atoms with Gasteiger partial charge in [-0.05, 0) is 25.5 Å². The molecule has 0 aliphatic heterocycles. The van der Waals surface area contributed by atoms with Crippen LogP contribution in [0, 0.1) is 6.58 Å². The molecule has 0 rings (SSSR count). The first-order valence-electron chi connectivity index (χ1n) is 5.36. The number of rotatable bonds is 8. The zero-order chi connectivity index (χ0) is 9.78. The van der Waals surface area contributed by atoms with Crippen LogP contribution in [0.1, 0.15) is 51.9 Å². The molecule has 13 heavy (non-hydrogen) atoms. The van der Waals surface area contributed by atoms with Crippen molar-refractivity contribution in [2.45, 2.75) is 51.9 Å². The summed E-state index contributed by atoms with van der Waals surface area (Å²) in [6, 6.07) is 0. The monoisotopic (exact) mass is 177 g/mol. The van der Waals surface area contributed by atoms with Crippen LogP contribution in [0.4, 0.5) is 0 Å². The highest BCUT2D eigenvalue weighted by Crippen LogP contribution is 2.06. The van der Waals surface area contributed by atoms with E-state index in [9.17, 15) is 0 Å². The van der Waals surface area contributed by atoms with Gasteiger partial charge in [0.2, 0.25) is 0 Å². The molecule has 0 nitrogen and oxygen atoms in total. The van der Waals surface area contributed by atoms with Crippen molar-refractivity contribution < 1.29 is 0 Å². The number of hydrogen-bond donors (Lipinski definition) is 0. The van der Waals surface area contributed by atoms with E-state index in [1.807, 2.05) is 6.08 Å². The molecule has 0 atom stereocenters. The van der Waals surface area contributed by atoms with Gasteiger partial charge in [-0.1, -0.05) is 51.2 Å². The molecule has 0 saturated carbocycles. The molecule has 0 heterocycles. The molecule has 0 bridgehead atoms. The minimum absolute atomic E-state index is 1.17. The second-order valence-electron chi connectivity index (χ2n) is 3.32. The van der Waals surface area contributed by atoms with Crippen molar-refractivity contribution in [3.63, 3.8) is 0 Å². The molecule has 1 radical (unpaired) electrons. The lowest BCUT2D eigenvalue weighted by Gasteiger charge is -1.96. The first-order chi connectivity index (χ1) is 6.41. The van der Waals surface area contributed by atoms with Gasteiger partial charge in [0.1, 0.15) is 0 Å². The molecule has 0 spiro atoms. The van der Waals surface area contributed by atoms with Crippen LogP contribution in [0.15, 0.2) is 24.0 Å². The molecule has 0 saturated heterocycles. The maximum Gasteiger partial charge on any atom is -0.0123 e. The Kier molecular flexibility index (Phi) is 10.6. The summed E-state index contributed by atoms with van der Waals surface area (Å²) < 4.78 is 0. The highest BCUT2D eigenvalue weighted by Gasteiger charge is 1.87. The molecule has 73 valence electrons. The van der Waals surface area contributed by atoms with Crippen molar-refractivity contribution in [3.05, 3.63) is 30.5 Å². The van der Waals surface area contributed by atoms with Crippen molar-refractivity contribution in [1.29, 1.82) is 0 Å². The first-order valence-corrected chi connectivity index (χ1v) is 5.36. The van der Waals surface area contributed by atoms with E-state index in [0.717, 1.165) is 0 Å². The highest BCUT2D eigenvalue weighted by molar-refractivity contribution is 4.99. The first kappa shape index (κ1) is 12.3. The molecule has 0 aliphatic carbocycles. The van der Waals surface area contributed by atoms with Crippen LogP contribution in [0.5, 0.6) is 0 Å². The third-order valence-electron chi connectivity index (χ3n) is 2.05. The van der Waals surface area contributed by atoms with Gasteiger partial charge in [0.25, 0.3) is 0 Å². The minimum Gasteiger partial charge on any atom is -0.120 e. The van der Waals surface area contributed by atoms with E-state index in [2.05, 4.69) is 18.7 Å². The minimum atomic E-state index is 1.17. The van der Waals surface area contributed by atoms with Crippen molar-refractivity contribution in [1.82, 2.24) is 0 Å². The fourth-order valence-electron chi connectivity index (χ4n) is 1.26. The Morgan fingerprint density at radius 3 is 2.46 bits per heavy atom. The number of unbranched alkanes of at least 4 members (excludes halogenated alkanes) is 6. The summed E-state index contributed by atoms with van der Waals surface area (Å²) in [6.07, 6.45) is 15.2. The number of hydrogen-bond acceptors (Lipinski definition) is 0. The van der Waals surface area contributed by atoms with Gasteiger partial charge in [-0.15, -0.1) is 5.73 Å². The Bertz CT molecular complexity index is 159. The van der Waals surface area contributed by atoms with Gasteiger partial charge in [-0.3, -0.25) is 0 Å². The lowest BCUT2D eigenvalue weighted by molar-refractivity contribution is 0.611. The second-order valence-corrected chi connectivity index (χ2v) is 3.32. The van der Waals surface area contributed by atoms with Gasteiger partial charge in [-0.2, -0.15) is 0 Å². The van der Waals surface area contributed by atoms with E-state index >= 15 is 0 Å². The summed E-state index contributed by atoms with van der Waals surface area (Å²) in [5.41, 5.74) is 2.47. The van der Waals surface area contributed by atoms with Crippen molar-refractivity contribution in [2.24, 2.45) is 0 Å². The van der Waals surface area contributed by atoms with Gasteiger partial charge >= 0.3 is 0 Å². The summed E-state index contributed by atoms with van der Waals surface area (Å²) >= 11 is 0. The highest BCUT2D eigenvalue weighted by atomic mass is 13.9. The molecule has 0 heteroatoms. The van der Waals surface area contributed by atoms with E-state index in [1.54, 1.807) is 6.08 Å². The standard InChI is InChI=1S/C13H21/c1-3-5-7-9-11-13-12-10-8-6-4-2/h1,5,7,9H,4,6,8,10-13H2,2H3. The summed E-state index contributed by atoms with van der Waals surface area (Å²) in [5, 5.41) is 0. The van der Waals surface area contributed by atoms with E-state index in [-0.39, 0.29) is 0 Å². The summed E-state index contributed by atoms with van der Waals surface area (Å²) in [5.74, 6) is 0. The van der Waals surface area contributed by atoms with Gasteiger partial charge in [0.05, 0.1) is 0 Å². The SMILES string of the molecule is [CH]=C=CC=CCCCCCCCC. The second kappa shape index (κ2) is 11.3. The quantitative estimate of drug-likeness (QED) is 0.292. The molecule has 0 unspecified atom stereocenters. The van der Waals surface area contributed by atoms with E-state index in [1.165, 1.54) is 44.9 Å². The van der Waals surface area contributed by atoms with Crippen molar-refractivity contribution >= 4 is 0 Å². The third kappa shape index (κ3) is 11.3. The van der Waals surface area contributed by atoms with Gasteiger partial charge in [0, 0.05) is 0 Å². The fourth-order valence-corrected chi connectivity index (χ4v) is 1.26. The summed E-state index contributed by atoms with van der Waals surface area (Å²) in [4.78, 5) is 0. The molecule has 0 amide bonds. The van der Waals surface area contributed by atoms with E-state index < -0.39 is 0 Å². The van der Waals surface area contributed by atoms with Crippen LogP contribution in [-0.2, 0) is 0 Å². The maximum absolute atomic E-state index is 5.07. The number of allylic oxidation sites excluding steroid dienone is 3. The Balaban J connectivity index is 3.03. The normalized spacial score (nSPS) is 10.2. The lowest BCUT2D eigenvalue weighted by atomic mass is 10.1. The molecule has 0 N–H and O–H groups in total. The van der Waals surface area contributed by atoms with E-state index in [4.69, 9.17) is 6.58 Å². The van der Waals surface area contributed by atoms with Crippen LogP contribution in [0.2, 0.25) is 0 Å².